The van der Waals surface area contributed by atoms with Gasteiger partial charge in [-0.1, -0.05) is 29.4 Å². The van der Waals surface area contributed by atoms with Crippen LogP contribution in [0.5, 0.6) is 0 Å². The molecule has 0 spiro atoms. The zero-order valence-electron chi connectivity index (χ0n) is 11.8. The molecule has 22 heavy (non-hydrogen) atoms. The van der Waals surface area contributed by atoms with E-state index in [4.69, 9.17) is 16.3 Å². The number of nitrogens with zero attached hydrogens (tertiary/aromatic N) is 4. The third kappa shape index (κ3) is 3.60. The molecule has 2 heterocycles. The van der Waals surface area contributed by atoms with Crippen molar-refractivity contribution in [1.29, 1.82) is 0 Å². The number of hydrogen-bond acceptors (Lipinski definition) is 5. The van der Waals surface area contributed by atoms with Gasteiger partial charge in [-0.2, -0.15) is 0 Å². The highest BCUT2D eigenvalue weighted by Gasteiger charge is 2.18. The van der Waals surface area contributed by atoms with Gasteiger partial charge in [0.15, 0.2) is 5.16 Å². The fourth-order valence-electron chi connectivity index (χ4n) is 2.16. The second-order valence-corrected chi connectivity index (χ2v) is 6.12. The molecule has 1 aliphatic heterocycles. The van der Waals surface area contributed by atoms with Crippen LogP contribution in [0.1, 0.15) is 0 Å². The Balaban J connectivity index is 1.66. The molecule has 1 aromatic heterocycles. The summed E-state index contributed by atoms with van der Waals surface area (Å²) in [7, 11) is 0. The molecule has 0 bridgehead atoms. The van der Waals surface area contributed by atoms with Crippen LogP contribution < -0.4 is 0 Å². The van der Waals surface area contributed by atoms with E-state index >= 15 is 0 Å². The van der Waals surface area contributed by atoms with Gasteiger partial charge in [0, 0.05) is 18.1 Å². The number of rotatable bonds is 4. The van der Waals surface area contributed by atoms with Crippen molar-refractivity contribution in [1.82, 2.24) is 19.7 Å². The Morgan fingerprint density at radius 1 is 1.36 bits per heavy atom. The van der Waals surface area contributed by atoms with E-state index in [0.29, 0.717) is 42.2 Å². The molecule has 0 saturated carbocycles. The topological polar surface area (TPSA) is 60.2 Å². The van der Waals surface area contributed by atoms with Gasteiger partial charge < -0.3 is 9.64 Å². The van der Waals surface area contributed by atoms with Crippen molar-refractivity contribution in [3.05, 3.63) is 35.6 Å². The average Bonchev–Trinajstić information content (AvgIpc) is 3.02. The SMILES string of the molecule is O=C(CSc1nncn1-c1cccc(Cl)c1)N1CCOCC1. The summed E-state index contributed by atoms with van der Waals surface area (Å²) in [5, 5.41) is 9.31. The molecule has 116 valence electrons. The van der Waals surface area contributed by atoms with Gasteiger partial charge in [0.1, 0.15) is 6.33 Å². The molecule has 1 amide bonds. The summed E-state index contributed by atoms with van der Waals surface area (Å²) in [4.78, 5) is 14.0. The number of carbonyl (C=O) groups is 1. The van der Waals surface area contributed by atoms with Gasteiger partial charge in [-0.25, -0.2) is 0 Å². The monoisotopic (exact) mass is 338 g/mol. The number of morpholine rings is 1. The minimum atomic E-state index is 0.0916. The maximum absolute atomic E-state index is 12.2. The first-order valence-corrected chi connectivity index (χ1v) is 8.25. The number of thioether (sulfide) groups is 1. The summed E-state index contributed by atoms with van der Waals surface area (Å²) in [5.41, 5.74) is 0.874. The quantitative estimate of drug-likeness (QED) is 0.796. The van der Waals surface area contributed by atoms with Crippen molar-refractivity contribution in [2.45, 2.75) is 5.16 Å². The third-order valence-corrected chi connectivity index (χ3v) is 4.45. The zero-order valence-corrected chi connectivity index (χ0v) is 13.4. The highest BCUT2D eigenvalue weighted by molar-refractivity contribution is 7.99. The summed E-state index contributed by atoms with van der Waals surface area (Å²) < 4.78 is 7.07. The molecule has 1 aromatic carbocycles. The van der Waals surface area contributed by atoms with Crippen molar-refractivity contribution < 1.29 is 9.53 Å². The molecule has 2 aromatic rings. The van der Waals surface area contributed by atoms with E-state index in [9.17, 15) is 4.79 Å². The van der Waals surface area contributed by atoms with Crippen LogP contribution in [0.2, 0.25) is 5.02 Å². The first kappa shape index (κ1) is 15.3. The molecule has 3 rings (SSSR count). The number of benzene rings is 1. The summed E-state index contributed by atoms with van der Waals surface area (Å²) in [6, 6.07) is 7.43. The fourth-order valence-corrected chi connectivity index (χ4v) is 3.17. The molecular weight excluding hydrogens is 324 g/mol. The first-order valence-electron chi connectivity index (χ1n) is 6.88. The lowest BCUT2D eigenvalue weighted by Crippen LogP contribution is -2.41. The number of carbonyl (C=O) groups excluding carboxylic acids is 1. The van der Waals surface area contributed by atoms with Crippen molar-refractivity contribution in [2.24, 2.45) is 0 Å². The van der Waals surface area contributed by atoms with E-state index in [1.807, 2.05) is 33.7 Å². The van der Waals surface area contributed by atoms with E-state index in [0.717, 1.165) is 5.69 Å². The number of aromatic nitrogens is 3. The van der Waals surface area contributed by atoms with Crippen molar-refractivity contribution in [3.8, 4) is 5.69 Å². The summed E-state index contributed by atoms with van der Waals surface area (Å²) >= 11 is 7.38. The Morgan fingerprint density at radius 3 is 2.95 bits per heavy atom. The lowest BCUT2D eigenvalue weighted by Gasteiger charge is -2.26. The molecule has 1 aliphatic rings. The predicted octanol–water partition coefficient (Wildman–Crippen LogP) is 1.87. The van der Waals surface area contributed by atoms with Crippen LogP contribution in [0.25, 0.3) is 5.69 Å². The molecule has 0 aliphatic carbocycles. The summed E-state index contributed by atoms with van der Waals surface area (Å²) in [6.07, 6.45) is 1.62. The van der Waals surface area contributed by atoms with Crippen molar-refractivity contribution in [3.63, 3.8) is 0 Å². The van der Waals surface area contributed by atoms with E-state index in [2.05, 4.69) is 10.2 Å². The Kier molecular flexibility index (Phi) is 4.97. The van der Waals surface area contributed by atoms with Gasteiger partial charge in [0.25, 0.3) is 0 Å². The largest absolute Gasteiger partial charge is 0.378 e. The Hall–Kier alpha value is -1.57. The van der Waals surface area contributed by atoms with Gasteiger partial charge in [0.2, 0.25) is 5.91 Å². The molecule has 0 unspecified atom stereocenters. The van der Waals surface area contributed by atoms with Gasteiger partial charge >= 0.3 is 0 Å². The minimum absolute atomic E-state index is 0.0916. The number of hydrogen-bond donors (Lipinski definition) is 0. The maximum atomic E-state index is 12.2. The van der Waals surface area contributed by atoms with Gasteiger partial charge in [-0.15, -0.1) is 10.2 Å². The molecule has 0 N–H and O–H groups in total. The second kappa shape index (κ2) is 7.13. The summed E-state index contributed by atoms with van der Waals surface area (Å²) in [5.74, 6) is 0.424. The van der Waals surface area contributed by atoms with Crippen LogP contribution in [0.4, 0.5) is 0 Å². The smallest absolute Gasteiger partial charge is 0.233 e. The third-order valence-electron chi connectivity index (χ3n) is 3.29. The van der Waals surface area contributed by atoms with Crippen LogP contribution in [-0.4, -0.2) is 57.6 Å². The van der Waals surface area contributed by atoms with Crippen LogP contribution in [0.3, 0.4) is 0 Å². The van der Waals surface area contributed by atoms with E-state index in [1.54, 1.807) is 6.33 Å². The highest BCUT2D eigenvalue weighted by Crippen LogP contribution is 2.22. The van der Waals surface area contributed by atoms with E-state index < -0.39 is 0 Å². The van der Waals surface area contributed by atoms with Gasteiger partial charge in [-0.3, -0.25) is 9.36 Å². The minimum Gasteiger partial charge on any atom is -0.378 e. The molecule has 8 heteroatoms. The van der Waals surface area contributed by atoms with Crippen molar-refractivity contribution >= 4 is 29.3 Å². The first-order chi connectivity index (χ1) is 10.7. The normalized spacial score (nSPS) is 15.0. The molecule has 0 radical (unpaired) electrons. The lowest BCUT2D eigenvalue weighted by molar-refractivity contribution is -0.132. The molecule has 1 saturated heterocycles. The molecule has 6 nitrogen and oxygen atoms in total. The van der Waals surface area contributed by atoms with Crippen molar-refractivity contribution in [2.75, 3.05) is 32.1 Å². The van der Waals surface area contributed by atoms with Gasteiger partial charge in [0.05, 0.1) is 24.7 Å². The Bertz CT molecular complexity index is 658. The fraction of sp³-hybridized carbons (Fsp3) is 0.357. The van der Waals surface area contributed by atoms with Crippen LogP contribution in [-0.2, 0) is 9.53 Å². The van der Waals surface area contributed by atoms with Gasteiger partial charge in [-0.05, 0) is 18.2 Å². The zero-order chi connectivity index (χ0) is 15.4. The Morgan fingerprint density at radius 2 is 2.18 bits per heavy atom. The van der Waals surface area contributed by atoms with E-state index in [1.165, 1.54) is 11.8 Å². The second-order valence-electron chi connectivity index (χ2n) is 4.75. The lowest BCUT2D eigenvalue weighted by atomic mass is 10.3. The molecule has 1 fully saturated rings. The molecular formula is C14H15ClN4O2S. The van der Waals surface area contributed by atoms with Crippen LogP contribution in [0, 0.1) is 0 Å². The maximum Gasteiger partial charge on any atom is 0.233 e. The Labute approximate surface area is 137 Å². The molecule has 0 atom stereocenters. The van der Waals surface area contributed by atoms with Crippen LogP contribution in [0.15, 0.2) is 35.7 Å². The number of amides is 1. The average molecular weight is 339 g/mol. The number of ether oxygens (including phenoxy) is 1. The highest BCUT2D eigenvalue weighted by atomic mass is 35.5. The van der Waals surface area contributed by atoms with E-state index in [-0.39, 0.29) is 5.91 Å². The van der Waals surface area contributed by atoms with Crippen LogP contribution >= 0.6 is 23.4 Å². The predicted molar refractivity (Wildman–Crippen MR) is 84.5 cm³/mol. The standard InChI is InChI=1S/C14H15ClN4O2S/c15-11-2-1-3-12(8-11)19-10-16-17-14(19)22-9-13(20)18-4-6-21-7-5-18/h1-3,8,10H,4-7,9H2. The number of halogens is 1. The summed E-state index contributed by atoms with van der Waals surface area (Å²) in [6.45, 7) is 2.52.